The molecule has 2 unspecified atom stereocenters. The van der Waals surface area contributed by atoms with Gasteiger partial charge in [0, 0.05) is 55.4 Å². The van der Waals surface area contributed by atoms with Crippen molar-refractivity contribution in [3.8, 4) is 5.75 Å². The molecule has 1 aliphatic heterocycles. The van der Waals surface area contributed by atoms with Crippen molar-refractivity contribution in [2.75, 3.05) is 25.1 Å². The third-order valence-electron chi connectivity index (χ3n) is 7.22. The first-order chi connectivity index (χ1) is 17.9. The van der Waals surface area contributed by atoms with Crippen LogP contribution in [0, 0.1) is 0 Å². The summed E-state index contributed by atoms with van der Waals surface area (Å²) in [5, 5.41) is 9.90. The second kappa shape index (κ2) is 10.6. The number of hydrogen-bond donors (Lipinski definition) is 2. The minimum atomic E-state index is -0.517. The van der Waals surface area contributed by atoms with Crippen molar-refractivity contribution in [1.29, 1.82) is 0 Å². The van der Waals surface area contributed by atoms with Crippen molar-refractivity contribution in [2.45, 2.75) is 39.0 Å². The Morgan fingerprint density at radius 3 is 2.49 bits per heavy atom. The largest absolute Gasteiger partial charge is 0.497 e. The van der Waals surface area contributed by atoms with Crippen molar-refractivity contribution in [3.05, 3.63) is 89.7 Å². The van der Waals surface area contributed by atoms with Gasteiger partial charge in [0.1, 0.15) is 11.4 Å². The average Bonchev–Trinajstić information content (AvgIpc) is 3.32. The van der Waals surface area contributed by atoms with E-state index in [1.54, 1.807) is 24.7 Å². The van der Waals surface area contributed by atoms with Gasteiger partial charge in [0.05, 0.1) is 19.0 Å². The molecule has 2 N–H and O–H groups in total. The van der Waals surface area contributed by atoms with Crippen LogP contribution in [0.15, 0.2) is 73.1 Å². The zero-order valence-corrected chi connectivity index (χ0v) is 21.5. The van der Waals surface area contributed by atoms with Gasteiger partial charge in [-0.1, -0.05) is 24.3 Å². The van der Waals surface area contributed by atoms with Gasteiger partial charge in [0.25, 0.3) is 5.91 Å². The second-order valence-corrected chi connectivity index (χ2v) is 9.81. The molecule has 2 atom stereocenters. The number of benzene rings is 2. The Hall–Kier alpha value is -3.88. The molecule has 0 aliphatic carbocycles. The fourth-order valence-corrected chi connectivity index (χ4v) is 5.25. The van der Waals surface area contributed by atoms with Crippen molar-refractivity contribution in [2.24, 2.45) is 0 Å². The highest BCUT2D eigenvalue weighted by molar-refractivity contribution is 5.93. The highest BCUT2D eigenvalue weighted by atomic mass is 16.5. The molecule has 0 saturated carbocycles. The Labute approximate surface area is 217 Å². The molecule has 4 aromatic rings. The van der Waals surface area contributed by atoms with Crippen LogP contribution in [0.25, 0.3) is 11.0 Å². The van der Waals surface area contributed by atoms with Gasteiger partial charge in [-0.05, 0) is 61.4 Å². The molecule has 2 aromatic carbocycles. The van der Waals surface area contributed by atoms with Gasteiger partial charge in [-0.15, -0.1) is 0 Å². The van der Waals surface area contributed by atoms with Gasteiger partial charge < -0.3 is 14.2 Å². The minimum Gasteiger partial charge on any atom is -0.497 e. The van der Waals surface area contributed by atoms with E-state index in [0.29, 0.717) is 24.2 Å². The summed E-state index contributed by atoms with van der Waals surface area (Å²) in [5.41, 5.74) is 6.46. The van der Waals surface area contributed by atoms with E-state index in [9.17, 15) is 4.79 Å². The first-order valence-electron chi connectivity index (χ1n) is 12.6. The van der Waals surface area contributed by atoms with Gasteiger partial charge in [-0.2, -0.15) is 0 Å². The van der Waals surface area contributed by atoms with E-state index >= 15 is 0 Å². The second-order valence-electron chi connectivity index (χ2n) is 9.81. The van der Waals surface area contributed by atoms with E-state index in [-0.39, 0.29) is 0 Å². The third-order valence-corrected chi connectivity index (χ3v) is 7.22. The van der Waals surface area contributed by atoms with Crippen LogP contribution < -0.4 is 15.1 Å². The zero-order valence-electron chi connectivity index (χ0n) is 21.5. The molecule has 1 fully saturated rings. The van der Waals surface area contributed by atoms with E-state index in [4.69, 9.17) is 14.9 Å². The first-order valence-corrected chi connectivity index (χ1v) is 12.6. The van der Waals surface area contributed by atoms with E-state index in [2.05, 4.69) is 58.5 Å². The van der Waals surface area contributed by atoms with Crippen LogP contribution in [0.3, 0.4) is 0 Å². The molecule has 8 heteroatoms. The number of anilines is 1. The maximum atomic E-state index is 11.6. The monoisotopic (exact) mass is 499 g/mol. The predicted octanol–water partition coefficient (Wildman–Crippen LogP) is 4.31. The predicted molar refractivity (Wildman–Crippen MR) is 144 cm³/mol. The maximum absolute atomic E-state index is 11.6. The zero-order chi connectivity index (χ0) is 25.9. The number of fused-ring (bicyclic) bond motifs is 1. The molecule has 1 amide bonds. The molecule has 5 rings (SSSR count). The van der Waals surface area contributed by atoms with Crippen LogP contribution in [0.4, 0.5) is 5.69 Å². The smallest absolute Gasteiger partial charge is 0.274 e. The Bertz CT molecular complexity index is 1370. The minimum absolute atomic E-state index is 0.395. The highest BCUT2D eigenvalue weighted by Crippen LogP contribution is 2.27. The lowest BCUT2D eigenvalue weighted by molar-refractivity contribution is 0.0706. The van der Waals surface area contributed by atoms with E-state index in [0.717, 1.165) is 47.7 Å². The van der Waals surface area contributed by atoms with Crippen LogP contribution in [-0.2, 0) is 13.1 Å². The molecule has 192 valence electrons. The number of carbonyl (C=O) groups excluding carboxylic acids is 1. The molecule has 0 radical (unpaired) electrons. The van der Waals surface area contributed by atoms with Crippen LogP contribution in [-0.4, -0.2) is 57.8 Å². The van der Waals surface area contributed by atoms with Crippen LogP contribution in [0.5, 0.6) is 5.75 Å². The summed E-state index contributed by atoms with van der Waals surface area (Å²) in [6, 6.07) is 20.6. The number of hydrogen-bond acceptors (Lipinski definition) is 6. The number of nitrogens with zero attached hydrogens (tertiary/aromatic N) is 4. The lowest BCUT2D eigenvalue weighted by Crippen LogP contribution is -2.56. The molecule has 2 aromatic heterocycles. The first kappa shape index (κ1) is 24.8. The molecule has 1 saturated heterocycles. The fraction of sp³-hybridized carbons (Fsp3) is 0.310. The standard InChI is InChI=1S/C29H33N5O3/c1-20-16-33(17-21(2)34(20)19-23-5-4-6-27(13-23)37-3)26-14-25-11-12-32(28(25)30-15-26)18-22-7-9-24(10-8-22)29(35)31-36/h4-15,20-21,36H,16-19H2,1-3H3,(H,31,35). The number of aromatic nitrogens is 2. The number of nitrogens with one attached hydrogen (secondary N) is 1. The average molecular weight is 500 g/mol. The number of piperazine rings is 1. The van der Waals surface area contributed by atoms with Gasteiger partial charge in [-0.3, -0.25) is 14.9 Å². The number of carbonyl (C=O) groups is 1. The Kier molecular flexibility index (Phi) is 7.12. The summed E-state index contributed by atoms with van der Waals surface area (Å²) in [6.45, 7) is 8.01. The van der Waals surface area contributed by atoms with Gasteiger partial charge >= 0.3 is 0 Å². The van der Waals surface area contributed by atoms with E-state index < -0.39 is 5.91 Å². The Morgan fingerprint density at radius 1 is 1.03 bits per heavy atom. The van der Waals surface area contributed by atoms with Crippen molar-refractivity contribution in [1.82, 2.24) is 19.9 Å². The number of rotatable bonds is 7. The Morgan fingerprint density at radius 2 is 1.78 bits per heavy atom. The summed E-state index contributed by atoms with van der Waals surface area (Å²) in [7, 11) is 1.71. The molecule has 37 heavy (non-hydrogen) atoms. The summed E-state index contributed by atoms with van der Waals surface area (Å²) in [4.78, 5) is 21.4. The summed E-state index contributed by atoms with van der Waals surface area (Å²) in [6.07, 6.45) is 4.03. The number of hydroxylamine groups is 1. The number of pyridine rings is 1. The summed E-state index contributed by atoms with van der Waals surface area (Å²) >= 11 is 0. The van der Waals surface area contributed by atoms with Gasteiger partial charge in [0.2, 0.25) is 0 Å². The van der Waals surface area contributed by atoms with Crippen molar-refractivity contribution < 1.29 is 14.7 Å². The summed E-state index contributed by atoms with van der Waals surface area (Å²) in [5.74, 6) is 0.380. The molecule has 3 heterocycles. The van der Waals surface area contributed by atoms with Crippen molar-refractivity contribution in [3.63, 3.8) is 0 Å². The van der Waals surface area contributed by atoms with E-state index in [1.165, 1.54) is 5.56 Å². The SMILES string of the molecule is COc1cccc(CN2C(C)CN(c3cnc4c(ccn4Cc4ccc(C(=O)NO)cc4)c3)CC2C)c1. The number of methoxy groups -OCH3 is 1. The lowest BCUT2D eigenvalue weighted by Gasteiger charge is -2.45. The van der Waals surface area contributed by atoms with Crippen LogP contribution in [0.1, 0.15) is 35.3 Å². The number of amides is 1. The highest BCUT2D eigenvalue weighted by Gasteiger charge is 2.30. The normalized spacial score (nSPS) is 18.2. The van der Waals surface area contributed by atoms with Crippen LogP contribution >= 0.6 is 0 Å². The molecule has 0 spiro atoms. The molecule has 1 aliphatic rings. The molecule has 8 nitrogen and oxygen atoms in total. The summed E-state index contributed by atoms with van der Waals surface area (Å²) < 4.78 is 7.51. The third kappa shape index (κ3) is 5.30. The van der Waals surface area contributed by atoms with E-state index in [1.807, 2.05) is 30.6 Å². The van der Waals surface area contributed by atoms with Gasteiger partial charge in [-0.25, -0.2) is 10.5 Å². The quantitative estimate of drug-likeness (QED) is 0.291. The molecule has 0 bridgehead atoms. The number of ether oxygens (including phenoxy) is 1. The molecular formula is C29H33N5O3. The topological polar surface area (TPSA) is 82.9 Å². The van der Waals surface area contributed by atoms with Crippen LogP contribution in [0.2, 0.25) is 0 Å². The molecular weight excluding hydrogens is 466 g/mol. The maximum Gasteiger partial charge on any atom is 0.274 e. The van der Waals surface area contributed by atoms with Crippen molar-refractivity contribution >= 4 is 22.6 Å². The lowest BCUT2D eigenvalue weighted by atomic mass is 10.1. The van der Waals surface area contributed by atoms with Gasteiger partial charge in [0.15, 0.2) is 0 Å². The fourth-order valence-electron chi connectivity index (χ4n) is 5.25. The Balaban J connectivity index is 1.27.